The number of unbranched alkanes of at least 4 members (excludes halogenated alkanes) is 2. The Balaban J connectivity index is 0.756. The number of esters is 1. The lowest BCUT2D eigenvalue weighted by Crippen LogP contribution is -2.52. The van der Waals surface area contributed by atoms with Crippen molar-refractivity contribution in [2.45, 2.75) is 108 Å². The number of rotatable bonds is 22. The van der Waals surface area contributed by atoms with Crippen molar-refractivity contribution in [1.82, 2.24) is 45.9 Å². The molecule has 23 heteroatoms. The van der Waals surface area contributed by atoms with E-state index in [1.54, 1.807) is 55.1 Å². The molecule has 2 aromatic carbocycles. The molecule has 7 N–H and O–H groups in total. The van der Waals surface area contributed by atoms with Gasteiger partial charge in [0.1, 0.15) is 37.5 Å². The first-order valence-electron chi connectivity index (χ1n) is 25.3. The molecule has 1 saturated heterocycles. The van der Waals surface area contributed by atoms with Gasteiger partial charge in [-0.05, 0) is 73.4 Å². The van der Waals surface area contributed by atoms with E-state index < -0.39 is 84.0 Å². The molecule has 1 fully saturated rings. The van der Waals surface area contributed by atoms with E-state index in [-0.39, 0.29) is 81.1 Å². The van der Waals surface area contributed by atoms with Crippen LogP contribution in [-0.2, 0) is 79.4 Å². The zero-order valence-corrected chi connectivity index (χ0v) is 41.9. The summed E-state index contributed by atoms with van der Waals surface area (Å²) < 4.78 is 27.9. The molecule has 2 unspecified atom stereocenters. The quantitative estimate of drug-likeness (QED) is 0.0211. The Kier molecular flexibility index (Phi) is 15.4. The van der Waals surface area contributed by atoms with Crippen LogP contribution >= 0.6 is 0 Å². The third-order valence-corrected chi connectivity index (χ3v) is 14.7. The van der Waals surface area contributed by atoms with Crippen LogP contribution in [0.5, 0.6) is 0 Å². The maximum Gasteiger partial charge on any atom is 0.343 e. The molecular formula is C53H58FN9O13. The number of aliphatic hydroxyl groups is 2. The average Bonchev–Trinajstić information content (AvgIpc) is 3.93. The summed E-state index contributed by atoms with van der Waals surface area (Å²) in [7, 11) is 0. The number of cyclic esters (lactones) is 1. The molecular weight excluding hydrogens is 990 g/mol. The highest BCUT2D eigenvalue weighted by Gasteiger charge is 2.53. The number of ether oxygens (including phenoxy) is 2. The average molecular weight is 1050 g/mol. The molecule has 22 nitrogen and oxygen atoms in total. The fourth-order valence-electron chi connectivity index (χ4n) is 10.5. The number of nitrogens with one attached hydrogen (secondary N) is 5. The molecule has 1 aliphatic carbocycles. The molecule has 4 aliphatic heterocycles. The molecule has 4 aromatic rings. The number of aliphatic hydroxyl groups excluding tert-OH is 1. The number of carbonyl (C=O) groups excluding carboxylic acids is 8. The van der Waals surface area contributed by atoms with Gasteiger partial charge < -0.3 is 60.6 Å². The van der Waals surface area contributed by atoms with E-state index in [4.69, 9.17) is 14.5 Å². The zero-order chi connectivity index (χ0) is 54.0. The maximum atomic E-state index is 15.5. The number of aromatic nitrogens is 2. The molecule has 5 atom stereocenters. The van der Waals surface area contributed by atoms with Crippen molar-refractivity contribution in [3.8, 4) is 11.4 Å². The van der Waals surface area contributed by atoms with E-state index in [2.05, 4.69) is 26.6 Å². The molecule has 9 rings (SSSR count). The van der Waals surface area contributed by atoms with Crippen molar-refractivity contribution in [2.75, 3.05) is 39.5 Å². The second kappa shape index (κ2) is 22.1. The Morgan fingerprint density at radius 2 is 1.66 bits per heavy atom. The van der Waals surface area contributed by atoms with Gasteiger partial charge in [-0.3, -0.25) is 38.4 Å². The van der Waals surface area contributed by atoms with Crippen molar-refractivity contribution >= 4 is 58.2 Å². The van der Waals surface area contributed by atoms with Crippen LogP contribution in [0.2, 0.25) is 0 Å². The highest BCUT2D eigenvalue weighted by Crippen LogP contribution is 2.50. The largest absolute Gasteiger partial charge is 0.458 e. The SMILES string of the molecule is CC[C@@]1(O)C(=O)OCc2c1cc1n(c2=O)Cc2c-1nc1cc(F)c(C)c3c1c2[C@@H](N1C(=O)C1COCNC(=O)CNC(=O)[C@H](Cc1ccccc1)NC(=O)CNC(=O)CNC(=O)CCCCCN1C(=O)C=CC1O)CC3. The van der Waals surface area contributed by atoms with Gasteiger partial charge in [0.15, 0.2) is 5.60 Å². The summed E-state index contributed by atoms with van der Waals surface area (Å²) in [4.78, 5) is 124. The van der Waals surface area contributed by atoms with Crippen LogP contribution in [0.4, 0.5) is 4.39 Å². The number of aryl methyl sites for hydroxylation is 1. The van der Waals surface area contributed by atoms with Gasteiger partial charge >= 0.3 is 5.97 Å². The first kappa shape index (κ1) is 53.0. The Bertz CT molecular complexity index is 3150. The van der Waals surface area contributed by atoms with Gasteiger partial charge in [-0.2, -0.15) is 0 Å². The Hall–Kier alpha value is -7.89. The Morgan fingerprint density at radius 1 is 0.921 bits per heavy atom. The van der Waals surface area contributed by atoms with Crippen LogP contribution in [0, 0.1) is 12.7 Å². The summed E-state index contributed by atoms with van der Waals surface area (Å²) >= 11 is 0. The Morgan fingerprint density at radius 3 is 2.41 bits per heavy atom. The molecule has 400 valence electrons. The van der Waals surface area contributed by atoms with Crippen LogP contribution in [0.1, 0.15) is 90.4 Å². The van der Waals surface area contributed by atoms with Crippen molar-refractivity contribution in [3.05, 3.63) is 110 Å². The lowest BCUT2D eigenvalue weighted by Gasteiger charge is -2.31. The summed E-state index contributed by atoms with van der Waals surface area (Å²) in [5, 5.41) is 34.4. The first-order chi connectivity index (χ1) is 36.5. The summed E-state index contributed by atoms with van der Waals surface area (Å²) in [5.74, 6) is -4.84. The second-order valence-electron chi connectivity index (χ2n) is 19.4. The van der Waals surface area contributed by atoms with E-state index in [9.17, 15) is 53.4 Å². The molecule has 0 saturated carbocycles. The minimum Gasteiger partial charge on any atom is -0.458 e. The summed E-state index contributed by atoms with van der Waals surface area (Å²) in [5.41, 5.74) is 2.16. The smallest absolute Gasteiger partial charge is 0.343 e. The zero-order valence-electron chi connectivity index (χ0n) is 41.9. The number of hydrogen-bond donors (Lipinski definition) is 7. The van der Waals surface area contributed by atoms with E-state index in [1.165, 1.54) is 27.7 Å². The lowest BCUT2D eigenvalue weighted by molar-refractivity contribution is -0.172. The topological polar surface area (TPSA) is 297 Å². The summed E-state index contributed by atoms with van der Waals surface area (Å²) in [6, 6.07) is 9.38. The molecule has 76 heavy (non-hydrogen) atoms. The molecule has 0 radical (unpaired) electrons. The number of carbonyl (C=O) groups is 8. The molecule has 6 heterocycles. The normalized spacial score (nSPS) is 20.1. The van der Waals surface area contributed by atoms with Crippen molar-refractivity contribution in [2.24, 2.45) is 0 Å². The van der Waals surface area contributed by atoms with Crippen LogP contribution in [-0.4, -0.2) is 135 Å². The Labute approximate surface area is 434 Å². The molecule has 0 spiro atoms. The van der Waals surface area contributed by atoms with E-state index in [1.807, 2.05) is 0 Å². The number of halogens is 1. The van der Waals surface area contributed by atoms with Crippen LogP contribution < -0.4 is 32.1 Å². The molecule has 5 aliphatic rings. The number of nitrogens with zero attached hydrogens (tertiary/aromatic N) is 4. The monoisotopic (exact) mass is 1050 g/mol. The number of fused-ring (bicyclic) bond motifs is 5. The van der Waals surface area contributed by atoms with Gasteiger partial charge in [0.25, 0.3) is 5.56 Å². The molecule has 2 aromatic heterocycles. The van der Waals surface area contributed by atoms with Crippen molar-refractivity contribution < 1.29 is 62.4 Å². The third-order valence-electron chi connectivity index (χ3n) is 14.7. The predicted octanol–water partition coefficient (Wildman–Crippen LogP) is 0.169. The summed E-state index contributed by atoms with van der Waals surface area (Å²) in [6.07, 6.45) is 4.46. The van der Waals surface area contributed by atoms with Crippen molar-refractivity contribution in [3.63, 3.8) is 0 Å². The van der Waals surface area contributed by atoms with E-state index in [0.717, 1.165) is 11.1 Å². The number of pyridine rings is 2. The van der Waals surface area contributed by atoms with E-state index >= 15 is 4.39 Å². The van der Waals surface area contributed by atoms with E-state index in [0.29, 0.717) is 77.6 Å². The van der Waals surface area contributed by atoms with Gasteiger partial charge in [-0.15, -0.1) is 0 Å². The maximum absolute atomic E-state index is 15.5. The van der Waals surface area contributed by atoms with Gasteiger partial charge in [0.2, 0.25) is 41.4 Å². The van der Waals surface area contributed by atoms with Crippen LogP contribution in [0.15, 0.2) is 59.4 Å². The summed E-state index contributed by atoms with van der Waals surface area (Å²) in [6.45, 7) is 1.61. The highest BCUT2D eigenvalue weighted by molar-refractivity contribution is 6.00. The molecule has 0 bridgehead atoms. The molecule has 7 amide bonds. The fourth-order valence-corrected chi connectivity index (χ4v) is 10.5. The van der Waals surface area contributed by atoms with Crippen LogP contribution in [0.25, 0.3) is 22.3 Å². The third kappa shape index (κ3) is 10.7. The van der Waals surface area contributed by atoms with Crippen molar-refractivity contribution in [1.29, 1.82) is 0 Å². The van der Waals surface area contributed by atoms with Gasteiger partial charge in [0.05, 0.1) is 61.3 Å². The van der Waals surface area contributed by atoms with Gasteiger partial charge in [0, 0.05) is 48.0 Å². The number of hydrogen-bond acceptors (Lipinski definition) is 14. The lowest BCUT2D eigenvalue weighted by atomic mass is 9.81. The van der Waals surface area contributed by atoms with Gasteiger partial charge in [-0.1, -0.05) is 43.7 Å². The van der Waals surface area contributed by atoms with Gasteiger partial charge in [-0.25, -0.2) is 14.2 Å². The minimum absolute atomic E-state index is 0.0429. The number of amides is 7. The second-order valence-corrected chi connectivity index (χ2v) is 19.4. The standard InChI is InChI=1S/C53H58FN9O13/c1-3-53(74)33-19-38-48-31(24-62(38)50(71)32(33)25-76-52(53)73)47-37(14-13-30-28(2)34(54)20-35(60-48)46(30)47)63-39(51(63)72)26-75-27-58-42(66)22-57-49(70)36(18-29-10-6-4-7-11-29)59-43(67)23-56-41(65)21-55-40(64)12-8-5-9-17-61-44(68)15-16-45(61)69/h4,6-7,10-11,15-16,19-20,36-37,39,44,68,74H,3,5,8-9,12-14,17-18,21-27H2,1-2H3,(H,55,64)(H,56,65)(H,57,70)(H,58,66)(H,59,67)/t36-,37-,39?,44?,53-,63?/m0/s1. The first-order valence-corrected chi connectivity index (χ1v) is 25.3. The minimum atomic E-state index is -2.05. The highest BCUT2D eigenvalue weighted by atomic mass is 19.1. The number of benzene rings is 2. The predicted molar refractivity (Wildman–Crippen MR) is 266 cm³/mol. The fraction of sp³-hybridized carbons (Fsp3) is 0.434. The van der Waals surface area contributed by atoms with Crippen LogP contribution in [0.3, 0.4) is 0 Å².